The molecule has 0 spiro atoms. The van der Waals surface area contributed by atoms with E-state index in [1.807, 2.05) is 0 Å². The van der Waals surface area contributed by atoms with Crippen molar-refractivity contribution in [2.45, 2.75) is 52.6 Å². The van der Waals surface area contributed by atoms with Crippen molar-refractivity contribution in [3.05, 3.63) is 34.9 Å². The maximum atomic E-state index is 3.53. The Labute approximate surface area is 123 Å². The highest BCUT2D eigenvalue weighted by molar-refractivity contribution is 5.30. The average Bonchev–Trinajstić information content (AvgIpc) is 3.17. The van der Waals surface area contributed by atoms with E-state index in [0.717, 1.165) is 12.6 Å². The van der Waals surface area contributed by atoms with Gasteiger partial charge in [-0.3, -0.25) is 4.90 Å². The summed E-state index contributed by atoms with van der Waals surface area (Å²) in [6, 6.07) is 7.80. The smallest absolute Gasteiger partial charge is 0.0237 e. The number of aryl methyl sites for hydroxylation is 2. The van der Waals surface area contributed by atoms with Gasteiger partial charge in [-0.25, -0.2) is 0 Å². The van der Waals surface area contributed by atoms with Crippen LogP contribution in [0.4, 0.5) is 0 Å². The molecule has 1 saturated carbocycles. The molecule has 1 unspecified atom stereocenters. The lowest BCUT2D eigenvalue weighted by atomic mass is 9.89. The normalized spacial score (nSPS) is 26.4. The quantitative estimate of drug-likeness (QED) is 0.885. The minimum absolute atomic E-state index is 0.475. The molecule has 2 heteroatoms. The van der Waals surface area contributed by atoms with Crippen LogP contribution in [0.15, 0.2) is 18.2 Å². The van der Waals surface area contributed by atoms with Gasteiger partial charge >= 0.3 is 0 Å². The highest BCUT2D eigenvalue weighted by Crippen LogP contribution is 2.34. The summed E-state index contributed by atoms with van der Waals surface area (Å²) in [6.07, 6.45) is 4.12. The van der Waals surface area contributed by atoms with E-state index in [2.05, 4.69) is 49.2 Å². The van der Waals surface area contributed by atoms with Gasteiger partial charge in [-0.1, -0.05) is 25.1 Å². The first kappa shape index (κ1) is 14.1. The molecule has 1 aliphatic carbocycles. The largest absolute Gasteiger partial charge is 0.316 e. The summed E-state index contributed by atoms with van der Waals surface area (Å²) in [7, 11) is 0. The Kier molecular flexibility index (Phi) is 3.87. The molecule has 20 heavy (non-hydrogen) atoms. The van der Waals surface area contributed by atoms with Crippen molar-refractivity contribution in [3.8, 4) is 0 Å². The predicted octanol–water partition coefficient (Wildman–Crippen LogP) is 3.27. The summed E-state index contributed by atoms with van der Waals surface area (Å²) in [6.45, 7) is 11.6. The molecule has 1 aromatic rings. The summed E-state index contributed by atoms with van der Waals surface area (Å²) in [5.74, 6) is 0. The van der Waals surface area contributed by atoms with E-state index in [1.54, 1.807) is 0 Å². The number of benzene rings is 1. The Morgan fingerprint density at radius 2 is 2.05 bits per heavy atom. The van der Waals surface area contributed by atoms with Gasteiger partial charge < -0.3 is 5.32 Å². The standard InChI is InChI=1S/C18H28N2/c1-14-4-5-16(10-15(14)2)11-20(17-6-7-17)13-18(3)8-9-19-12-18/h4-5,10,17,19H,6-9,11-13H2,1-3H3. The molecule has 1 aromatic carbocycles. The summed E-state index contributed by atoms with van der Waals surface area (Å²) in [5.41, 5.74) is 4.78. The lowest BCUT2D eigenvalue weighted by Crippen LogP contribution is -2.38. The van der Waals surface area contributed by atoms with Crippen molar-refractivity contribution < 1.29 is 0 Å². The molecule has 3 rings (SSSR count). The van der Waals surface area contributed by atoms with Crippen LogP contribution in [0.1, 0.15) is 42.9 Å². The molecule has 1 heterocycles. The Balaban J connectivity index is 1.69. The zero-order valence-electron chi connectivity index (χ0n) is 13.2. The third kappa shape index (κ3) is 3.24. The number of rotatable bonds is 5. The van der Waals surface area contributed by atoms with E-state index in [9.17, 15) is 0 Å². The van der Waals surface area contributed by atoms with Crippen LogP contribution in [0.25, 0.3) is 0 Å². The van der Waals surface area contributed by atoms with Gasteiger partial charge in [-0.05, 0) is 61.8 Å². The van der Waals surface area contributed by atoms with Crippen LogP contribution in [0.3, 0.4) is 0 Å². The lowest BCUT2D eigenvalue weighted by Gasteiger charge is -2.32. The number of hydrogen-bond donors (Lipinski definition) is 1. The second-order valence-corrected chi connectivity index (χ2v) is 7.29. The van der Waals surface area contributed by atoms with E-state index < -0.39 is 0 Å². The van der Waals surface area contributed by atoms with Crippen molar-refractivity contribution in [2.75, 3.05) is 19.6 Å². The third-order valence-corrected chi connectivity index (χ3v) is 5.06. The Morgan fingerprint density at radius 1 is 1.25 bits per heavy atom. The Bertz CT molecular complexity index is 470. The van der Waals surface area contributed by atoms with Crippen LogP contribution in [-0.4, -0.2) is 30.6 Å². The van der Waals surface area contributed by atoms with Gasteiger partial charge in [-0.2, -0.15) is 0 Å². The Morgan fingerprint density at radius 3 is 2.65 bits per heavy atom. The first-order valence-corrected chi connectivity index (χ1v) is 8.07. The van der Waals surface area contributed by atoms with Crippen molar-refractivity contribution >= 4 is 0 Å². The summed E-state index contributed by atoms with van der Waals surface area (Å²) in [5, 5.41) is 3.53. The second-order valence-electron chi connectivity index (χ2n) is 7.29. The van der Waals surface area contributed by atoms with Gasteiger partial charge in [-0.15, -0.1) is 0 Å². The fourth-order valence-corrected chi connectivity index (χ4v) is 3.38. The molecule has 110 valence electrons. The lowest BCUT2D eigenvalue weighted by molar-refractivity contribution is 0.162. The average molecular weight is 272 g/mol. The molecule has 0 bridgehead atoms. The highest BCUT2D eigenvalue weighted by Gasteiger charge is 2.36. The predicted molar refractivity (Wildman–Crippen MR) is 84.9 cm³/mol. The molecular weight excluding hydrogens is 244 g/mol. The molecule has 1 saturated heterocycles. The highest BCUT2D eigenvalue weighted by atomic mass is 15.2. The monoisotopic (exact) mass is 272 g/mol. The zero-order chi connectivity index (χ0) is 14.2. The molecule has 2 nitrogen and oxygen atoms in total. The Hall–Kier alpha value is -0.860. The van der Waals surface area contributed by atoms with Crippen LogP contribution in [-0.2, 0) is 6.54 Å². The molecule has 2 fully saturated rings. The van der Waals surface area contributed by atoms with Crippen LogP contribution in [0.5, 0.6) is 0 Å². The van der Waals surface area contributed by atoms with E-state index >= 15 is 0 Å². The van der Waals surface area contributed by atoms with Gasteiger partial charge in [0.05, 0.1) is 0 Å². The van der Waals surface area contributed by atoms with E-state index in [4.69, 9.17) is 0 Å². The van der Waals surface area contributed by atoms with Gasteiger partial charge in [0.1, 0.15) is 0 Å². The first-order chi connectivity index (χ1) is 9.56. The molecule has 2 aliphatic rings. The van der Waals surface area contributed by atoms with Crippen LogP contribution >= 0.6 is 0 Å². The van der Waals surface area contributed by atoms with Gasteiger partial charge in [0.2, 0.25) is 0 Å². The van der Waals surface area contributed by atoms with Crippen LogP contribution in [0, 0.1) is 19.3 Å². The van der Waals surface area contributed by atoms with Crippen molar-refractivity contribution in [1.82, 2.24) is 10.2 Å². The van der Waals surface area contributed by atoms with E-state index in [0.29, 0.717) is 5.41 Å². The van der Waals surface area contributed by atoms with Gasteiger partial charge in [0.15, 0.2) is 0 Å². The van der Waals surface area contributed by atoms with E-state index in [1.165, 1.54) is 55.6 Å². The SMILES string of the molecule is Cc1ccc(CN(CC2(C)CCNC2)C2CC2)cc1C. The number of hydrogen-bond acceptors (Lipinski definition) is 2. The molecule has 0 radical (unpaired) electrons. The zero-order valence-corrected chi connectivity index (χ0v) is 13.2. The fraction of sp³-hybridized carbons (Fsp3) is 0.667. The fourth-order valence-electron chi connectivity index (χ4n) is 3.38. The number of nitrogens with zero attached hydrogens (tertiary/aromatic N) is 1. The first-order valence-electron chi connectivity index (χ1n) is 8.07. The topological polar surface area (TPSA) is 15.3 Å². The second kappa shape index (κ2) is 5.50. The molecule has 1 atom stereocenters. The maximum absolute atomic E-state index is 3.53. The minimum Gasteiger partial charge on any atom is -0.316 e. The van der Waals surface area contributed by atoms with Crippen LogP contribution < -0.4 is 5.32 Å². The van der Waals surface area contributed by atoms with Gasteiger partial charge in [0.25, 0.3) is 0 Å². The van der Waals surface area contributed by atoms with Crippen LogP contribution in [0.2, 0.25) is 0 Å². The molecule has 1 N–H and O–H groups in total. The van der Waals surface area contributed by atoms with Crippen molar-refractivity contribution in [1.29, 1.82) is 0 Å². The molecular formula is C18H28N2. The van der Waals surface area contributed by atoms with Crippen molar-refractivity contribution in [3.63, 3.8) is 0 Å². The summed E-state index contributed by atoms with van der Waals surface area (Å²) >= 11 is 0. The summed E-state index contributed by atoms with van der Waals surface area (Å²) < 4.78 is 0. The maximum Gasteiger partial charge on any atom is 0.0237 e. The summed E-state index contributed by atoms with van der Waals surface area (Å²) in [4.78, 5) is 2.73. The van der Waals surface area contributed by atoms with E-state index in [-0.39, 0.29) is 0 Å². The van der Waals surface area contributed by atoms with Crippen molar-refractivity contribution in [2.24, 2.45) is 5.41 Å². The third-order valence-electron chi connectivity index (χ3n) is 5.06. The number of nitrogens with one attached hydrogen (secondary N) is 1. The minimum atomic E-state index is 0.475. The molecule has 0 aromatic heterocycles. The van der Waals surface area contributed by atoms with Gasteiger partial charge in [0, 0.05) is 25.7 Å². The molecule has 1 aliphatic heterocycles. The molecule has 0 amide bonds.